The van der Waals surface area contributed by atoms with Gasteiger partial charge in [0.2, 0.25) is 5.82 Å². The molecule has 130 valence electrons. The van der Waals surface area contributed by atoms with Gasteiger partial charge in [-0.25, -0.2) is 9.50 Å². The number of hydrogen-bond donors (Lipinski definition) is 0. The van der Waals surface area contributed by atoms with Gasteiger partial charge in [0.05, 0.1) is 0 Å². The van der Waals surface area contributed by atoms with Crippen molar-refractivity contribution in [3.63, 3.8) is 0 Å². The fraction of sp³-hybridized carbons (Fsp3) is 0.333. The van der Waals surface area contributed by atoms with Gasteiger partial charge in [-0.1, -0.05) is 30.3 Å². The third kappa shape index (κ3) is 4.00. The van der Waals surface area contributed by atoms with E-state index in [4.69, 9.17) is 0 Å². The molecule has 0 N–H and O–H groups in total. The molecule has 0 bridgehead atoms. The van der Waals surface area contributed by atoms with Gasteiger partial charge >= 0.3 is 0 Å². The van der Waals surface area contributed by atoms with E-state index in [1.54, 1.807) is 15.6 Å². The van der Waals surface area contributed by atoms with Crippen molar-refractivity contribution in [1.29, 1.82) is 0 Å². The summed E-state index contributed by atoms with van der Waals surface area (Å²) in [6.07, 6.45) is 1.67. The molecule has 1 aromatic carbocycles. The van der Waals surface area contributed by atoms with E-state index in [9.17, 15) is 4.79 Å². The molecule has 0 atom stereocenters. The lowest BCUT2D eigenvalue weighted by atomic mass is 10.2. The van der Waals surface area contributed by atoms with E-state index >= 15 is 0 Å². The van der Waals surface area contributed by atoms with Gasteiger partial charge in [0.15, 0.2) is 0 Å². The van der Waals surface area contributed by atoms with E-state index in [-0.39, 0.29) is 11.7 Å². The van der Waals surface area contributed by atoms with Crippen LogP contribution >= 0.6 is 0 Å². The summed E-state index contributed by atoms with van der Waals surface area (Å²) in [6.45, 7) is 3.80. The van der Waals surface area contributed by atoms with Crippen LogP contribution in [0.1, 0.15) is 21.9 Å². The van der Waals surface area contributed by atoms with E-state index in [0.717, 1.165) is 17.8 Å². The first-order chi connectivity index (χ1) is 12.0. The molecule has 25 heavy (non-hydrogen) atoms. The molecule has 7 heteroatoms. The van der Waals surface area contributed by atoms with Gasteiger partial charge in [-0.05, 0) is 32.6 Å². The van der Waals surface area contributed by atoms with Crippen LogP contribution in [0.4, 0.5) is 0 Å². The van der Waals surface area contributed by atoms with Crippen LogP contribution in [0.2, 0.25) is 0 Å². The van der Waals surface area contributed by atoms with Crippen LogP contribution in [0, 0.1) is 6.92 Å². The zero-order chi connectivity index (χ0) is 17.8. The number of nitrogens with zero attached hydrogens (tertiary/aromatic N) is 6. The molecular formula is C18H22N6O. The third-order valence-corrected chi connectivity index (χ3v) is 3.94. The van der Waals surface area contributed by atoms with Gasteiger partial charge in [0.25, 0.3) is 11.7 Å². The first kappa shape index (κ1) is 17.0. The average molecular weight is 338 g/mol. The number of rotatable bonds is 6. The molecular weight excluding hydrogens is 316 g/mol. The number of carbonyl (C=O) groups excluding carboxylic acids is 1. The summed E-state index contributed by atoms with van der Waals surface area (Å²) in [7, 11) is 3.98. The molecule has 0 fully saturated rings. The van der Waals surface area contributed by atoms with Crippen molar-refractivity contribution in [2.45, 2.75) is 13.5 Å². The number of likely N-dealkylation sites (N-methyl/N-ethyl adjacent to an activating group) is 1. The normalized spacial score (nSPS) is 11.2. The van der Waals surface area contributed by atoms with Crippen LogP contribution in [0.3, 0.4) is 0 Å². The van der Waals surface area contributed by atoms with E-state index in [0.29, 0.717) is 18.9 Å². The second-order valence-corrected chi connectivity index (χ2v) is 6.25. The molecule has 0 saturated heterocycles. The Balaban J connectivity index is 1.87. The molecule has 0 unspecified atom stereocenters. The van der Waals surface area contributed by atoms with Crippen molar-refractivity contribution in [3.05, 3.63) is 59.7 Å². The van der Waals surface area contributed by atoms with Crippen LogP contribution in [0.5, 0.6) is 0 Å². The van der Waals surface area contributed by atoms with E-state index in [2.05, 4.69) is 15.1 Å². The third-order valence-electron chi connectivity index (χ3n) is 3.94. The van der Waals surface area contributed by atoms with Crippen LogP contribution < -0.4 is 0 Å². The molecule has 0 aliphatic carbocycles. The Hall–Kier alpha value is -2.80. The zero-order valence-electron chi connectivity index (χ0n) is 14.8. The highest BCUT2D eigenvalue weighted by Gasteiger charge is 2.21. The summed E-state index contributed by atoms with van der Waals surface area (Å²) < 4.78 is 1.60. The Morgan fingerprint density at radius 1 is 1.12 bits per heavy atom. The molecule has 1 amide bonds. The summed E-state index contributed by atoms with van der Waals surface area (Å²) in [5.74, 6) is 0.433. The van der Waals surface area contributed by atoms with E-state index < -0.39 is 0 Å². The minimum atomic E-state index is -0.185. The molecule has 0 aliphatic rings. The van der Waals surface area contributed by atoms with Crippen LogP contribution in [-0.4, -0.2) is 62.5 Å². The Labute approximate surface area is 146 Å². The monoisotopic (exact) mass is 338 g/mol. The fourth-order valence-electron chi connectivity index (χ4n) is 2.52. The Kier molecular flexibility index (Phi) is 5.04. The first-order valence-corrected chi connectivity index (χ1v) is 8.21. The zero-order valence-corrected chi connectivity index (χ0v) is 14.8. The molecule has 2 aromatic heterocycles. The minimum absolute atomic E-state index is 0.177. The standard InChI is InChI=1S/C18H22N6O/c1-14-9-10-19-18-20-16(21-24(14)18)17(25)23(12-11-22(2)3)13-15-7-5-4-6-8-15/h4-10H,11-13H2,1-3H3. The quantitative estimate of drug-likeness (QED) is 0.683. The van der Waals surface area contributed by atoms with Crippen LogP contribution in [0.15, 0.2) is 42.6 Å². The van der Waals surface area contributed by atoms with E-state index in [1.165, 1.54) is 0 Å². The highest BCUT2D eigenvalue weighted by Crippen LogP contribution is 2.09. The van der Waals surface area contributed by atoms with Crippen molar-refractivity contribution >= 4 is 11.7 Å². The molecule has 0 aliphatic heterocycles. The largest absolute Gasteiger partial charge is 0.330 e. The highest BCUT2D eigenvalue weighted by atomic mass is 16.2. The van der Waals surface area contributed by atoms with Gasteiger partial charge in [-0.15, -0.1) is 5.10 Å². The van der Waals surface area contributed by atoms with Gasteiger partial charge in [-0.2, -0.15) is 4.98 Å². The molecule has 0 radical (unpaired) electrons. The summed E-state index contributed by atoms with van der Waals surface area (Å²) in [6, 6.07) is 11.8. The predicted molar refractivity (Wildman–Crippen MR) is 95.3 cm³/mol. The smallest absolute Gasteiger partial charge is 0.293 e. The van der Waals surface area contributed by atoms with Gasteiger partial charge in [-0.3, -0.25) is 4.79 Å². The maximum atomic E-state index is 13.0. The lowest BCUT2D eigenvalue weighted by molar-refractivity contribution is 0.0720. The van der Waals surface area contributed by atoms with Crippen LogP contribution in [0.25, 0.3) is 5.78 Å². The first-order valence-electron chi connectivity index (χ1n) is 8.21. The van der Waals surface area contributed by atoms with Gasteiger partial charge in [0, 0.05) is 31.5 Å². The minimum Gasteiger partial charge on any atom is -0.330 e. The Bertz CT molecular complexity index is 858. The summed E-state index contributed by atoms with van der Waals surface area (Å²) in [5.41, 5.74) is 1.96. The number of aryl methyl sites for hydroxylation is 1. The summed E-state index contributed by atoms with van der Waals surface area (Å²) in [4.78, 5) is 25.3. The maximum absolute atomic E-state index is 13.0. The summed E-state index contributed by atoms with van der Waals surface area (Å²) >= 11 is 0. The topological polar surface area (TPSA) is 66.6 Å². The van der Waals surface area contributed by atoms with E-state index in [1.807, 2.05) is 62.3 Å². The second kappa shape index (κ2) is 7.40. The number of fused-ring (bicyclic) bond motifs is 1. The van der Waals surface area contributed by atoms with Crippen molar-refractivity contribution in [1.82, 2.24) is 29.4 Å². The van der Waals surface area contributed by atoms with Crippen molar-refractivity contribution in [2.75, 3.05) is 27.2 Å². The number of hydrogen-bond acceptors (Lipinski definition) is 5. The second-order valence-electron chi connectivity index (χ2n) is 6.25. The molecule has 0 saturated carbocycles. The van der Waals surface area contributed by atoms with Crippen molar-refractivity contribution in [2.24, 2.45) is 0 Å². The van der Waals surface area contributed by atoms with Crippen molar-refractivity contribution < 1.29 is 4.79 Å². The molecule has 3 rings (SSSR count). The van der Waals surface area contributed by atoms with Crippen LogP contribution in [-0.2, 0) is 6.54 Å². The predicted octanol–water partition coefficient (Wildman–Crippen LogP) is 1.64. The maximum Gasteiger partial charge on any atom is 0.293 e. The van der Waals surface area contributed by atoms with Crippen molar-refractivity contribution in [3.8, 4) is 0 Å². The number of amides is 1. The van der Waals surface area contributed by atoms with Gasteiger partial charge in [0.1, 0.15) is 0 Å². The number of aromatic nitrogens is 4. The lowest BCUT2D eigenvalue weighted by Gasteiger charge is -2.23. The molecule has 2 heterocycles. The Morgan fingerprint density at radius 2 is 1.88 bits per heavy atom. The molecule has 3 aromatic rings. The lowest BCUT2D eigenvalue weighted by Crippen LogP contribution is -2.36. The number of benzene rings is 1. The Morgan fingerprint density at radius 3 is 2.56 bits per heavy atom. The number of carbonyl (C=O) groups is 1. The fourth-order valence-corrected chi connectivity index (χ4v) is 2.52. The molecule has 0 spiro atoms. The summed E-state index contributed by atoms with van der Waals surface area (Å²) in [5, 5.41) is 4.34. The SMILES string of the molecule is Cc1ccnc2nc(C(=O)N(CCN(C)C)Cc3ccccc3)nn12. The van der Waals surface area contributed by atoms with Gasteiger partial charge < -0.3 is 9.80 Å². The molecule has 7 nitrogen and oxygen atoms in total. The highest BCUT2D eigenvalue weighted by molar-refractivity contribution is 5.90. The average Bonchev–Trinajstić information content (AvgIpc) is 3.04.